The molecular formula is C26H27F2N3O5. The number of fused-ring (bicyclic) bond motifs is 1. The first-order valence-electron chi connectivity index (χ1n) is 11.9. The van der Waals surface area contributed by atoms with E-state index in [0.717, 1.165) is 22.6 Å². The van der Waals surface area contributed by atoms with Crippen molar-refractivity contribution in [2.24, 2.45) is 11.8 Å². The number of likely N-dealkylation sites (tertiary alicyclic amines) is 1. The van der Waals surface area contributed by atoms with Crippen molar-refractivity contribution in [3.05, 3.63) is 65.2 Å². The molecule has 3 amide bonds. The number of carbonyl (C=O) groups excluding carboxylic acids is 3. The molecule has 3 fully saturated rings. The quantitative estimate of drug-likeness (QED) is 0.604. The van der Waals surface area contributed by atoms with Crippen LogP contribution in [-0.4, -0.2) is 61.7 Å². The fourth-order valence-corrected chi connectivity index (χ4v) is 5.22. The maximum atomic E-state index is 15.0. The molecule has 2 saturated heterocycles. The highest BCUT2D eigenvalue weighted by Crippen LogP contribution is 2.59. The van der Waals surface area contributed by atoms with Crippen molar-refractivity contribution in [3.8, 4) is 0 Å². The van der Waals surface area contributed by atoms with E-state index in [-0.39, 0.29) is 60.5 Å². The zero-order valence-electron chi connectivity index (χ0n) is 19.8. The van der Waals surface area contributed by atoms with Gasteiger partial charge < -0.3 is 19.7 Å². The van der Waals surface area contributed by atoms with E-state index in [2.05, 4.69) is 5.32 Å². The molecule has 0 radical (unpaired) electrons. The third kappa shape index (κ3) is 4.90. The summed E-state index contributed by atoms with van der Waals surface area (Å²) in [6, 6.07) is 11.9. The first kappa shape index (κ1) is 24.2. The molecule has 5 rings (SSSR count). The maximum Gasteiger partial charge on any atom is 0.414 e. The van der Waals surface area contributed by atoms with Crippen molar-refractivity contribution in [3.63, 3.8) is 0 Å². The summed E-state index contributed by atoms with van der Waals surface area (Å²) in [5.74, 6) is -2.13. The van der Waals surface area contributed by atoms with E-state index >= 15 is 8.78 Å². The summed E-state index contributed by atoms with van der Waals surface area (Å²) in [4.78, 5) is 38.6. The second-order valence-electron chi connectivity index (χ2n) is 9.51. The van der Waals surface area contributed by atoms with Gasteiger partial charge in [0.1, 0.15) is 24.3 Å². The minimum Gasteiger partial charge on any atom is -0.442 e. The van der Waals surface area contributed by atoms with Crippen molar-refractivity contribution in [1.29, 1.82) is 0 Å². The van der Waals surface area contributed by atoms with E-state index < -0.39 is 23.8 Å². The maximum absolute atomic E-state index is 15.0. The Morgan fingerprint density at radius 2 is 1.75 bits per heavy atom. The third-order valence-corrected chi connectivity index (χ3v) is 7.05. The number of hydrogen-bond acceptors (Lipinski definition) is 5. The van der Waals surface area contributed by atoms with Crippen LogP contribution in [0.15, 0.2) is 42.5 Å². The van der Waals surface area contributed by atoms with Crippen LogP contribution in [0.3, 0.4) is 0 Å². The summed E-state index contributed by atoms with van der Waals surface area (Å²) in [5, 5.41) is 2.56. The molecule has 36 heavy (non-hydrogen) atoms. The van der Waals surface area contributed by atoms with Crippen LogP contribution in [0.4, 0.5) is 19.3 Å². The second-order valence-corrected chi connectivity index (χ2v) is 9.51. The number of carbonyl (C=O) groups is 3. The second kappa shape index (κ2) is 9.85. The molecule has 0 spiro atoms. The molecule has 3 aliphatic rings. The predicted molar refractivity (Wildman–Crippen MR) is 125 cm³/mol. The molecule has 10 heteroatoms. The van der Waals surface area contributed by atoms with Gasteiger partial charge in [0.15, 0.2) is 0 Å². The van der Waals surface area contributed by atoms with Crippen molar-refractivity contribution in [1.82, 2.24) is 10.2 Å². The number of ether oxygens (including phenoxy) is 2. The van der Waals surface area contributed by atoms with Crippen LogP contribution in [0, 0.1) is 23.5 Å². The van der Waals surface area contributed by atoms with Crippen molar-refractivity contribution < 1.29 is 32.6 Å². The number of nitrogens with one attached hydrogen (secondary N) is 1. The lowest BCUT2D eigenvalue weighted by atomic mass is 10.0. The number of piperidine rings is 1. The molecule has 2 aromatic rings. The van der Waals surface area contributed by atoms with Gasteiger partial charge in [0.2, 0.25) is 11.8 Å². The number of halogens is 2. The van der Waals surface area contributed by atoms with E-state index in [1.54, 1.807) is 4.90 Å². The Morgan fingerprint density at radius 3 is 2.39 bits per heavy atom. The molecule has 0 aromatic heterocycles. The molecule has 8 nitrogen and oxygen atoms in total. The first-order valence-corrected chi connectivity index (χ1v) is 11.9. The first-order chi connectivity index (χ1) is 17.3. The molecule has 4 atom stereocenters. The topological polar surface area (TPSA) is 88.2 Å². The Bertz CT molecular complexity index is 1140. The predicted octanol–water partition coefficient (Wildman–Crippen LogP) is 2.81. The number of rotatable bonds is 8. The Hall–Kier alpha value is -3.53. The Kier molecular flexibility index (Phi) is 6.61. The molecule has 0 unspecified atom stereocenters. The van der Waals surface area contributed by atoms with Crippen LogP contribution >= 0.6 is 0 Å². The van der Waals surface area contributed by atoms with Gasteiger partial charge in [-0.1, -0.05) is 30.3 Å². The van der Waals surface area contributed by atoms with Crippen molar-refractivity contribution in [2.75, 3.05) is 37.7 Å². The van der Waals surface area contributed by atoms with E-state index in [1.165, 1.54) is 6.92 Å². The van der Waals surface area contributed by atoms with Gasteiger partial charge in [-0.25, -0.2) is 13.6 Å². The Morgan fingerprint density at radius 1 is 1.08 bits per heavy atom. The molecule has 2 aromatic carbocycles. The molecule has 0 bridgehead atoms. The lowest BCUT2D eigenvalue weighted by Gasteiger charge is -2.21. The fraction of sp³-hybridized carbons (Fsp3) is 0.423. The zero-order chi connectivity index (χ0) is 25.4. The largest absolute Gasteiger partial charge is 0.442 e. The summed E-state index contributed by atoms with van der Waals surface area (Å²) in [6.45, 7) is 2.73. The van der Waals surface area contributed by atoms with Gasteiger partial charge in [0, 0.05) is 25.6 Å². The van der Waals surface area contributed by atoms with E-state index in [0.29, 0.717) is 19.7 Å². The molecule has 1 aliphatic carbocycles. The monoisotopic (exact) mass is 499 g/mol. The standard InChI is InChI=1S/C26H27F2N3O5/c1-15(32)29-9-18-10-31(26(34)36-18)17-7-21(27)25(22(28)8-17)24-19-11-30(12-20(19)24)23(33)14-35-13-16-5-3-2-4-6-16/h2-8,18-20,24H,9-14H2,1H3,(H,29,32)/t18-,19-,20+,24+/m0/s1. The molecule has 190 valence electrons. The van der Waals surface area contributed by atoms with Gasteiger partial charge in [-0.2, -0.15) is 0 Å². The van der Waals surface area contributed by atoms with Gasteiger partial charge >= 0.3 is 6.09 Å². The van der Waals surface area contributed by atoms with Gasteiger partial charge in [-0.05, 0) is 35.4 Å². The Balaban J connectivity index is 1.16. The van der Waals surface area contributed by atoms with Crippen LogP contribution in [-0.2, 0) is 25.7 Å². The zero-order valence-corrected chi connectivity index (χ0v) is 19.8. The SMILES string of the molecule is CC(=O)NC[C@H]1CN(c2cc(F)c([C@H]3[C@@H]4CN(C(=O)COCc5ccccc5)C[C@@H]43)c(F)c2)C(=O)O1. The van der Waals surface area contributed by atoms with Gasteiger partial charge in [0.05, 0.1) is 25.4 Å². The number of benzene rings is 2. The molecule has 2 aliphatic heterocycles. The van der Waals surface area contributed by atoms with Crippen LogP contribution in [0.25, 0.3) is 0 Å². The van der Waals surface area contributed by atoms with Crippen molar-refractivity contribution in [2.45, 2.75) is 25.6 Å². The highest BCUT2D eigenvalue weighted by atomic mass is 19.1. The number of nitrogens with zero attached hydrogens (tertiary/aromatic N) is 2. The van der Waals surface area contributed by atoms with E-state index in [9.17, 15) is 14.4 Å². The molecule has 1 saturated carbocycles. The average Bonchev–Trinajstić information content (AvgIpc) is 3.16. The van der Waals surface area contributed by atoms with Crippen LogP contribution in [0.5, 0.6) is 0 Å². The van der Waals surface area contributed by atoms with Gasteiger partial charge in [-0.15, -0.1) is 0 Å². The highest BCUT2D eigenvalue weighted by Gasteiger charge is 2.58. The van der Waals surface area contributed by atoms with Crippen LogP contribution in [0.1, 0.15) is 24.0 Å². The number of anilines is 1. The van der Waals surface area contributed by atoms with Crippen molar-refractivity contribution >= 4 is 23.6 Å². The smallest absolute Gasteiger partial charge is 0.414 e. The Labute approximate surface area is 207 Å². The van der Waals surface area contributed by atoms with Crippen LogP contribution in [0.2, 0.25) is 0 Å². The summed E-state index contributed by atoms with van der Waals surface area (Å²) >= 11 is 0. The summed E-state index contributed by atoms with van der Waals surface area (Å²) in [5.41, 5.74) is 1.06. The van der Waals surface area contributed by atoms with Crippen LogP contribution < -0.4 is 10.2 Å². The minimum atomic E-state index is -0.719. The third-order valence-electron chi connectivity index (χ3n) is 7.05. The van der Waals surface area contributed by atoms with E-state index in [4.69, 9.17) is 9.47 Å². The number of amides is 3. The number of hydrogen-bond donors (Lipinski definition) is 1. The summed E-state index contributed by atoms with van der Waals surface area (Å²) in [7, 11) is 0. The molecule has 1 N–H and O–H groups in total. The lowest BCUT2D eigenvalue weighted by molar-refractivity contribution is -0.136. The van der Waals surface area contributed by atoms with E-state index in [1.807, 2.05) is 30.3 Å². The highest BCUT2D eigenvalue weighted by molar-refractivity contribution is 5.90. The normalized spacial score (nSPS) is 24.5. The summed E-state index contributed by atoms with van der Waals surface area (Å²) in [6.07, 6.45) is -1.32. The lowest BCUT2D eigenvalue weighted by Crippen LogP contribution is -2.34. The molecular weight excluding hydrogens is 472 g/mol. The minimum absolute atomic E-state index is 0.00305. The molecule has 2 heterocycles. The van der Waals surface area contributed by atoms with Gasteiger partial charge in [0.25, 0.3) is 0 Å². The average molecular weight is 500 g/mol. The fourth-order valence-electron chi connectivity index (χ4n) is 5.22. The number of cyclic esters (lactones) is 1. The summed E-state index contributed by atoms with van der Waals surface area (Å²) < 4.78 is 40.8. The van der Waals surface area contributed by atoms with Gasteiger partial charge in [-0.3, -0.25) is 14.5 Å².